The maximum absolute atomic E-state index is 13.0. The molecule has 30 heavy (non-hydrogen) atoms. The van der Waals surface area contributed by atoms with Crippen LogP contribution in [0.4, 0.5) is 5.69 Å². The fourth-order valence-electron chi connectivity index (χ4n) is 2.96. The number of ether oxygens (including phenoxy) is 1. The molecule has 3 aromatic carbocycles. The summed E-state index contributed by atoms with van der Waals surface area (Å²) in [5.74, 6) is 0.568. The van der Waals surface area contributed by atoms with Gasteiger partial charge in [-0.3, -0.25) is 15.0 Å². The van der Waals surface area contributed by atoms with Crippen LogP contribution in [0, 0.1) is 0 Å². The van der Waals surface area contributed by atoms with Crippen molar-refractivity contribution in [2.24, 2.45) is 0 Å². The Morgan fingerprint density at radius 2 is 1.57 bits per heavy atom. The highest BCUT2D eigenvalue weighted by molar-refractivity contribution is 5.88. The van der Waals surface area contributed by atoms with Gasteiger partial charge in [-0.15, -0.1) is 0 Å². The third-order valence-electron chi connectivity index (χ3n) is 4.42. The molecule has 4 rings (SSSR count). The Labute approximate surface area is 172 Å². The van der Waals surface area contributed by atoms with Crippen molar-refractivity contribution in [3.8, 4) is 5.75 Å². The molecule has 0 fully saturated rings. The molecular weight excluding hydrogens is 380 g/mol. The number of carbonyl (C=O) groups excluding carboxylic acids is 1. The average molecular weight is 400 g/mol. The summed E-state index contributed by atoms with van der Waals surface area (Å²) in [7, 11) is 0. The second-order valence-corrected chi connectivity index (χ2v) is 6.54. The second kappa shape index (κ2) is 8.91. The molecule has 0 aliphatic rings. The molecule has 4 aromatic rings. The van der Waals surface area contributed by atoms with E-state index in [-0.39, 0.29) is 24.6 Å². The van der Waals surface area contributed by atoms with Crippen molar-refractivity contribution in [3.63, 3.8) is 0 Å². The lowest BCUT2D eigenvalue weighted by Gasteiger charge is -2.15. The van der Waals surface area contributed by atoms with E-state index in [1.54, 1.807) is 18.2 Å². The molecule has 0 spiro atoms. The van der Waals surface area contributed by atoms with Crippen molar-refractivity contribution in [3.05, 3.63) is 101 Å². The summed E-state index contributed by atoms with van der Waals surface area (Å²) < 4.78 is 6.91. The topological polar surface area (TPSA) is 85.2 Å². The van der Waals surface area contributed by atoms with Crippen LogP contribution in [0.5, 0.6) is 5.75 Å². The number of amides is 1. The predicted octanol–water partition coefficient (Wildman–Crippen LogP) is 3.16. The van der Waals surface area contributed by atoms with E-state index in [9.17, 15) is 9.59 Å². The van der Waals surface area contributed by atoms with E-state index in [0.29, 0.717) is 22.5 Å². The highest BCUT2D eigenvalue weighted by atomic mass is 16.5. The Morgan fingerprint density at radius 3 is 2.33 bits per heavy atom. The standard InChI is InChI=1S/C23H20N4O3/c28-22(15-24-17-9-3-1-4-10-17)26-27-21(16-30-18-11-5-2-6-12-18)25-20-14-8-7-13-19(20)23(27)29/h1-14,24H,15-16H2,(H,26,28). The lowest BCUT2D eigenvalue weighted by molar-refractivity contribution is -0.115. The maximum Gasteiger partial charge on any atom is 0.280 e. The zero-order valence-corrected chi connectivity index (χ0v) is 16.1. The van der Waals surface area contributed by atoms with E-state index in [1.165, 1.54) is 0 Å². The van der Waals surface area contributed by atoms with Gasteiger partial charge >= 0.3 is 0 Å². The van der Waals surface area contributed by atoms with Gasteiger partial charge in [0, 0.05) is 5.69 Å². The Hall–Kier alpha value is -4.13. The van der Waals surface area contributed by atoms with Crippen LogP contribution < -0.4 is 21.0 Å². The molecule has 1 aromatic heterocycles. The first kappa shape index (κ1) is 19.2. The van der Waals surface area contributed by atoms with Gasteiger partial charge in [-0.2, -0.15) is 4.68 Å². The third-order valence-corrected chi connectivity index (χ3v) is 4.42. The zero-order chi connectivity index (χ0) is 20.8. The first-order valence-electron chi connectivity index (χ1n) is 9.48. The Kier molecular flexibility index (Phi) is 5.70. The van der Waals surface area contributed by atoms with Crippen LogP contribution in [0.25, 0.3) is 10.9 Å². The van der Waals surface area contributed by atoms with Crippen molar-refractivity contribution in [1.29, 1.82) is 0 Å². The van der Waals surface area contributed by atoms with E-state index in [4.69, 9.17) is 4.74 Å². The van der Waals surface area contributed by atoms with E-state index in [0.717, 1.165) is 10.4 Å². The summed E-state index contributed by atoms with van der Waals surface area (Å²) in [4.78, 5) is 30.0. The quantitative estimate of drug-likeness (QED) is 0.498. The summed E-state index contributed by atoms with van der Waals surface area (Å²) in [5.41, 5.74) is 3.63. The molecule has 0 saturated carbocycles. The number of para-hydroxylation sites is 3. The lowest BCUT2D eigenvalue weighted by atomic mass is 10.2. The van der Waals surface area contributed by atoms with Gasteiger partial charge < -0.3 is 10.1 Å². The van der Waals surface area contributed by atoms with E-state index < -0.39 is 0 Å². The highest BCUT2D eigenvalue weighted by Crippen LogP contribution is 2.12. The highest BCUT2D eigenvalue weighted by Gasteiger charge is 2.14. The van der Waals surface area contributed by atoms with Crippen molar-refractivity contribution >= 4 is 22.5 Å². The molecule has 0 bridgehead atoms. The first-order chi connectivity index (χ1) is 14.7. The summed E-state index contributed by atoms with van der Waals surface area (Å²) >= 11 is 0. The van der Waals surface area contributed by atoms with Crippen LogP contribution in [0.1, 0.15) is 5.82 Å². The van der Waals surface area contributed by atoms with E-state index in [1.807, 2.05) is 66.7 Å². The van der Waals surface area contributed by atoms with Crippen LogP contribution in [0.3, 0.4) is 0 Å². The van der Waals surface area contributed by atoms with Crippen molar-refractivity contribution in [2.45, 2.75) is 6.61 Å². The van der Waals surface area contributed by atoms with Crippen LogP contribution >= 0.6 is 0 Å². The first-order valence-corrected chi connectivity index (χ1v) is 9.48. The molecule has 7 heteroatoms. The number of anilines is 1. The Bertz CT molecular complexity index is 1210. The number of nitrogens with zero attached hydrogens (tertiary/aromatic N) is 2. The van der Waals surface area contributed by atoms with Crippen molar-refractivity contribution in [1.82, 2.24) is 9.66 Å². The minimum absolute atomic E-state index is 0.00224. The molecule has 0 aliphatic heterocycles. The SMILES string of the molecule is O=C(CNc1ccccc1)Nn1c(COc2ccccc2)nc2ccccc2c1=O. The molecule has 0 unspecified atom stereocenters. The number of benzene rings is 3. The van der Waals surface area contributed by atoms with Gasteiger partial charge in [-0.1, -0.05) is 48.5 Å². The number of fused-ring (bicyclic) bond motifs is 1. The molecule has 1 amide bonds. The number of aromatic nitrogens is 2. The largest absolute Gasteiger partial charge is 0.486 e. The molecule has 150 valence electrons. The second-order valence-electron chi connectivity index (χ2n) is 6.54. The third kappa shape index (κ3) is 4.47. The Morgan fingerprint density at radius 1 is 0.900 bits per heavy atom. The summed E-state index contributed by atoms with van der Waals surface area (Å²) in [6.07, 6.45) is 0. The molecule has 2 N–H and O–H groups in total. The number of hydrogen-bond acceptors (Lipinski definition) is 5. The van der Waals surface area contributed by atoms with Gasteiger partial charge in [0.1, 0.15) is 12.4 Å². The van der Waals surface area contributed by atoms with Crippen molar-refractivity contribution in [2.75, 3.05) is 17.3 Å². The fourth-order valence-corrected chi connectivity index (χ4v) is 2.96. The van der Waals surface area contributed by atoms with Crippen molar-refractivity contribution < 1.29 is 9.53 Å². The van der Waals surface area contributed by atoms with Gasteiger partial charge in [0.2, 0.25) is 0 Å². The minimum Gasteiger partial charge on any atom is -0.486 e. The van der Waals surface area contributed by atoms with E-state index >= 15 is 0 Å². The lowest BCUT2D eigenvalue weighted by Crippen LogP contribution is -2.39. The van der Waals surface area contributed by atoms with Crippen LogP contribution in [-0.4, -0.2) is 22.1 Å². The predicted molar refractivity (Wildman–Crippen MR) is 116 cm³/mol. The van der Waals surface area contributed by atoms with Gasteiger partial charge in [0.05, 0.1) is 17.4 Å². The smallest absolute Gasteiger partial charge is 0.280 e. The van der Waals surface area contributed by atoms with Gasteiger partial charge in [0.15, 0.2) is 5.82 Å². The molecular formula is C23H20N4O3. The molecule has 0 radical (unpaired) electrons. The maximum atomic E-state index is 13.0. The number of nitrogens with one attached hydrogen (secondary N) is 2. The number of rotatable bonds is 7. The summed E-state index contributed by atoms with van der Waals surface area (Å²) in [5, 5.41) is 3.43. The van der Waals surface area contributed by atoms with Crippen LogP contribution in [-0.2, 0) is 11.4 Å². The normalized spacial score (nSPS) is 10.5. The molecule has 0 saturated heterocycles. The average Bonchev–Trinajstić information content (AvgIpc) is 2.80. The molecule has 7 nitrogen and oxygen atoms in total. The summed E-state index contributed by atoms with van der Waals surface area (Å²) in [6.45, 7) is 0.0265. The van der Waals surface area contributed by atoms with Gasteiger partial charge in [-0.25, -0.2) is 4.98 Å². The number of carbonyl (C=O) groups is 1. The van der Waals surface area contributed by atoms with Crippen LogP contribution in [0.2, 0.25) is 0 Å². The zero-order valence-electron chi connectivity index (χ0n) is 16.1. The fraction of sp³-hybridized carbons (Fsp3) is 0.0870. The monoisotopic (exact) mass is 400 g/mol. The van der Waals surface area contributed by atoms with E-state index in [2.05, 4.69) is 15.7 Å². The minimum atomic E-state index is -0.376. The van der Waals surface area contributed by atoms with Gasteiger partial charge in [-0.05, 0) is 36.4 Å². The molecule has 0 aliphatic carbocycles. The summed E-state index contributed by atoms with van der Waals surface area (Å²) in [6, 6.07) is 25.6. The Balaban J connectivity index is 1.58. The van der Waals surface area contributed by atoms with Crippen LogP contribution in [0.15, 0.2) is 89.7 Å². The molecule has 0 atom stereocenters. The number of hydrogen-bond donors (Lipinski definition) is 2. The van der Waals surface area contributed by atoms with Gasteiger partial charge in [0.25, 0.3) is 11.5 Å². The molecule has 1 heterocycles.